The van der Waals surface area contributed by atoms with Crippen LogP contribution in [0.4, 0.5) is 0 Å². The van der Waals surface area contributed by atoms with Crippen molar-refractivity contribution < 1.29 is 0 Å². The molecule has 0 spiro atoms. The van der Waals surface area contributed by atoms with Crippen LogP contribution in [-0.4, -0.2) is 3.79 Å². The lowest BCUT2D eigenvalue weighted by atomic mass is 10.0. The quantitative estimate of drug-likeness (QED) is 0.664. The van der Waals surface area contributed by atoms with Crippen molar-refractivity contribution in [3.05, 3.63) is 35.9 Å². The van der Waals surface area contributed by atoms with Crippen LogP contribution in [0.25, 0.3) is 0 Å². The highest BCUT2D eigenvalue weighted by Crippen LogP contribution is 2.45. The van der Waals surface area contributed by atoms with Gasteiger partial charge in [-0.2, -0.15) is 0 Å². The van der Waals surface area contributed by atoms with Crippen LogP contribution < -0.4 is 0 Å². The smallest absolute Gasteiger partial charge is 0.0834 e. The Morgan fingerprint density at radius 1 is 1.14 bits per heavy atom. The van der Waals surface area contributed by atoms with E-state index >= 15 is 0 Å². The van der Waals surface area contributed by atoms with E-state index in [0.29, 0.717) is 0 Å². The molecule has 0 saturated heterocycles. The summed E-state index contributed by atoms with van der Waals surface area (Å²) in [6.45, 7) is 1.90. The second kappa shape index (κ2) is 5.07. The number of hydrogen-bond acceptors (Lipinski definition) is 0. The predicted octanol–water partition coefficient (Wildman–Crippen LogP) is 5.13. The summed E-state index contributed by atoms with van der Waals surface area (Å²) in [5, 5.41) is 0. The number of rotatable bonds is 2. The second-order valence-corrected chi connectivity index (χ2v) is 6.50. The van der Waals surface area contributed by atoms with Crippen LogP contribution in [0.3, 0.4) is 0 Å². The summed E-state index contributed by atoms with van der Waals surface area (Å²) in [7, 11) is 0. The molecule has 1 aromatic rings. The molecule has 1 rings (SSSR count). The van der Waals surface area contributed by atoms with Gasteiger partial charge in [0.1, 0.15) is 0 Å². The fourth-order valence-corrected chi connectivity index (χ4v) is 2.63. The van der Waals surface area contributed by atoms with Crippen LogP contribution in [0.5, 0.6) is 0 Å². The molecule has 0 saturated carbocycles. The van der Waals surface area contributed by atoms with Crippen LogP contribution in [0.15, 0.2) is 30.3 Å². The Hall–Kier alpha value is 0.570. The average molecular weight is 316 g/mol. The van der Waals surface area contributed by atoms with Crippen LogP contribution in [0.2, 0.25) is 0 Å². The molecule has 0 nitrogen and oxygen atoms in total. The van der Waals surface area contributed by atoms with Crippen molar-refractivity contribution in [1.29, 1.82) is 0 Å². The summed E-state index contributed by atoms with van der Waals surface area (Å²) < 4.78 is -1.25. The van der Waals surface area contributed by atoms with E-state index in [1.165, 1.54) is 0 Å². The molecule has 1 aromatic carbocycles. The first-order chi connectivity index (χ1) is 6.43. The third-order valence-corrected chi connectivity index (χ3v) is 4.43. The zero-order chi connectivity index (χ0) is 10.8. The highest BCUT2D eigenvalue weighted by Gasteiger charge is 2.34. The molecule has 0 amide bonds. The van der Waals surface area contributed by atoms with Crippen molar-refractivity contribution >= 4 is 50.7 Å². The lowest BCUT2D eigenvalue weighted by Crippen LogP contribution is -2.20. The lowest BCUT2D eigenvalue weighted by molar-refractivity contribution is 0.589. The molecule has 0 radical (unpaired) electrons. The van der Waals surface area contributed by atoms with E-state index in [1.54, 1.807) is 0 Å². The molecule has 2 unspecified atom stereocenters. The monoisotopic (exact) mass is 314 g/mol. The lowest BCUT2D eigenvalue weighted by Gasteiger charge is -2.25. The zero-order valence-electron chi connectivity index (χ0n) is 7.55. The van der Waals surface area contributed by atoms with E-state index in [1.807, 2.05) is 37.3 Å². The van der Waals surface area contributed by atoms with E-state index in [9.17, 15) is 0 Å². The topological polar surface area (TPSA) is 0 Å². The molecule has 0 N–H and O–H groups in total. The molecule has 78 valence electrons. The van der Waals surface area contributed by atoms with Crippen molar-refractivity contribution in [3.63, 3.8) is 0 Å². The SMILES string of the molecule is CC(C(Br)c1ccccc1)C(Cl)(Cl)Cl. The minimum absolute atomic E-state index is 0.0520. The van der Waals surface area contributed by atoms with Gasteiger partial charge in [-0.05, 0) is 5.56 Å². The molecule has 0 aliphatic rings. The summed E-state index contributed by atoms with van der Waals surface area (Å²) in [5.74, 6) is -0.0881. The number of halogens is 4. The van der Waals surface area contributed by atoms with Crippen molar-refractivity contribution in [3.8, 4) is 0 Å². The molecule has 2 atom stereocenters. The summed E-state index contributed by atoms with van der Waals surface area (Å²) >= 11 is 21.0. The Morgan fingerprint density at radius 3 is 2.07 bits per heavy atom. The number of alkyl halides is 4. The minimum atomic E-state index is -1.25. The molecule has 4 heteroatoms. The first kappa shape index (κ1) is 12.6. The Morgan fingerprint density at radius 2 is 1.64 bits per heavy atom. The Labute approximate surface area is 108 Å². The molecule has 0 aliphatic carbocycles. The maximum atomic E-state index is 5.83. The highest BCUT2D eigenvalue weighted by atomic mass is 79.9. The Balaban J connectivity index is 2.81. The summed E-state index contributed by atoms with van der Waals surface area (Å²) in [4.78, 5) is 0.0520. The molecule has 0 bridgehead atoms. The summed E-state index contributed by atoms with van der Waals surface area (Å²) in [5.41, 5.74) is 1.12. The van der Waals surface area contributed by atoms with Crippen molar-refractivity contribution in [2.75, 3.05) is 0 Å². The van der Waals surface area contributed by atoms with Gasteiger partial charge in [-0.1, -0.05) is 88.0 Å². The molecular formula is C10H10BrCl3. The van der Waals surface area contributed by atoms with Gasteiger partial charge in [-0.3, -0.25) is 0 Å². The van der Waals surface area contributed by atoms with Crippen LogP contribution in [0, 0.1) is 5.92 Å². The fraction of sp³-hybridized carbons (Fsp3) is 0.400. The molecule has 0 heterocycles. The molecular weight excluding hydrogens is 306 g/mol. The van der Waals surface area contributed by atoms with Gasteiger partial charge < -0.3 is 0 Å². The maximum absolute atomic E-state index is 5.83. The minimum Gasteiger partial charge on any atom is -0.0834 e. The van der Waals surface area contributed by atoms with Crippen LogP contribution in [0.1, 0.15) is 17.3 Å². The molecule has 0 fully saturated rings. The molecule has 0 aromatic heterocycles. The molecule has 0 aliphatic heterocycles. The van der Waals surface area contributed by atoms with Gasteiger partial charge in [0.05, 0.1) is 0 Å². The summed E-state index contributed by atoms with van der Waals surface area (Å²) in [6.07, 6.45) is 0. The van der Waals surface area contributed by atoms with Gasteiger partial charge in [-0.25, -0.2) is 0 Å². The summed E-state index contributed by atoms with van der Waals surface area (Å²) in [6, 6.07) is 9.91. The predicted molar refractivity (Wildman–Crippen MR) is 67.6 cm³/mol. The largest absolute Gasteiger partial charge is 0.194 e. The van der Waals surface area contributed by atoms with E-state index in [4.69, 9.17) is 34.8 Å². The highest BCUT2D eigenvalue weighted by molar-refractivity contribution is 9.09. The first-order valence-corrected chi connectivity index (χ1v) is 6.23. The average Bonchev–Trinajstić information content (AvgIpc) is 2.15. The van der Waals surface area contributed by atoms with Gasteiger partial charge in [0.15, 0.2) is 3.79 Å². The van der Waals surface area contributed by atoms with Crippen molar-refractivity contribution in [1.82, 2.24) is 0 Å². The van der Waals surface area contributed by atoms with E-state index < -0.39 is 3.79 Å². The number of hydrogen-bond donors (Lipinski definition) is 0. The molecule has 14 heavy (non-hydrogen) atoms. The van der Waals surface area contributed by atoms with Gasteiger partial charge in [-0.15, -0.1) is 0 Å². The zero-order valence-corrected chi connectivity index (χ0v) is 11.4. The van der Waals surface area contributed by atoms with Gasteiger partial charge in [0.25, 0.3) is 0 Å². The Kier molecular flexibility index (Phi) is 4.57. The Bertz CT molecular complexity index is 281. The van der Waals surface area contributed by atoms with E-state index in [-0.39, 0.29) is 10.7 Å². The maximum Gasteiger partial charge on any atom is 0.194 e. The number of benzene rings is 1. The third kappa shape index (κ3) is 3.30. The van der Waals surface area contributed by atoms with E-state index in [0.717, 1.165) is 5.56 Å². The first-order valence-electron chi connectivity index (χ1n) is 4.18. The standard InChI is InChI=1S/C10H10BrCl3/c1-7(10(12,13)14)9(11)8-5-3-2-4-6-8/h2-7,9H,1H3. The fourth-order valence-electron chi connectivity index (χ4n) is 1.09. The van der Waals surface area contributed by atoms with Crippen LogP contribution >= 0.6 is 50.7 Å². The third-order valence-electron chi connectivity index (χ3n) is 2.07. The van der Waals surface area contributed by atoms with Crippen molar-refractivity contribution in [2.24, 2.45) is 5.92 Å². The van der Waals surface area contributed by atoms with Gasteiger partial charge in [0, 0.05) is 10.7 Å². The normalized spacial score (nSPS) is 16.4. The van der Waals surface area contributed by atoms with E-state index in [2.05, 4.69) is 15.9 Å². The van der Waals surface area contributed by atoms with Crippen molar-refractivity contribution in [2.45, 2.75) is 15.5 Å². The van der Waals surface area contributed by atoms with Gasteiger partial charge >= 0.3 is 0 Å². The van der Waals surface area contributed by atoms with Crippen LogP contribution in [-0.2, 0) is 0 Å². The second-order valence-electron chi connectivity index (χ2n) is 3.14. The van der Waals surface area contributed by atoms with Gasteiger partial charge in [0.2, 0.25) is 0 Å².